The van der Waals surface area contributed by atoms with Gasteiger partial charge in [0.05, 0.1) is 0 Å². The molecule has 0 aliphatic rings. The number of phenolic OH excluding ortho intramolecular Hbond substituents is 1. The third kappa shape index (κ3) is 2.31. The summed E-state index contributed by atoms with van der Waals surface area (Å²) in [5.74, 6) is -17.1. The molecule has 3 nitrogen and oxygen atoms in total. The van der Waals surface area contributed by atoms with E-state index in [1.807, 2.05) is 0 Å². The summed E-state index contributed by atoms with van der Waals surface area (Å²) in [6, 6.07) is 0. The number of ether oxygens (including phenoxy) is 1. The van der Waals surface area contributed by atoms with E-state index in [1.54, 1.807) is 0 Å². The first-order chi connectivity index (χ1) is 8.07. The molecule has 0 saturated heterocycles. The number of phenols is 1. The fraction of sp³-hybridized carbons (Fsp3) is 0.125. The highest BCUT2D eigenvalue weighted by molar-refractivity contribution is 5.78. The summed E-state index contributed by atoms with van der Waals surface area (Å²) in [5, 5.41) is 8.73. The molecule has 0 atom stereocenters. The Morgan fingerprint density at radius 1 is 0.944 bits per heavy atom. The quantitative estimate of drug-likeness (QED) is 0.282. The maximum atomic E-state index is 12.9. The summed E-state index contributed by atoms with van der Waals surface area (Å²) >= 11 is 0. The van der Waals surface area contributed by atoms with Crippen LogP contribution in [-0.2, 0) is 4.79 Å². The van der Waals surface area contributed by atoms with Crippen LogP contribution in [0.3, 0.4) is 0 Å². The number of carbonyl (C=O) groups excluding carboxylic acids is 1. The van der Waals surface area contributed by atoms with Crippen molar-refractivity contribution in [1.29, 1.82) is 0 Å². The Labute approximate surface area is 93.4 Å². The maximum absolute atomic E-state index is 12.9. The Kier molecular flexibility index (Phi) is 3.40. The molecule has 0 saturated carbocycles. The molecule has 1 N–H and O–H groups in total. The fourth-order valence-electron chi connectivity index (χ4n) is 0.844. The van der Waals surface area contributed by atoms with Crippen molar-refractivity contribution >= 4 is 5.97 Å². The minimum atomic E-state index is -5.60. The van der Waals surface area contributed by atoms with Crippen LogP contribution in [0.2, 0.25) is 0 Å². The van der Waals surface area contributed by atoms with E-state index in [9.17, 15) is 35.5 Å². The minimum Gasteiger partial charge on any atom is -0.502 e. The Hall–Kier alpha value is -2.00. The van der Waals surface area contributed by atoms with Crippen molar-refractivity contribution in [3.8, 4) is 11.5 Å². The number of alkyl halides is 3. The van der Waals surface area contributed by atoms with Crippen LogP contribution in [-0.4, -0.2) is 17.3 Å². The SMILES string of the molecule is O=C(Oc1c(O)c(F)c(F)c(F)c1F)C(F)(F)F. The molecule has 18 heavy (non-hydrogen) atoms. The summed E-state index contributed by atoms with van der Waals surface area (Å²) in [4.78, 5) is 10.3. The summed E-state index contributed by atoms with van der Waals surface area (Å²) in [7, 11) is 0. The van der Waals surface area contributed by atoms with Crippen molar-refractivity contribution < 1.29 is 45.4 Å². The lowest BCUT2D eigenvalue weighted by Gasteiger charge is -2.10. The molecule has 0 bridgehead atoms. The van der Waals surface area contributed by atoms with E-state index in [1.165, 1.54) is 0 Å². The molecule has 0 aromatic heterocycles. The number of hydrogen-bond donors (Lipinski definition) is 1. The molecule has 0 radical (unpaired) electrons. The summed E-state index contributed by atoms with van der Waals surface area (Å²) in [5.41, 5.74) is 0. The molecule has 0 aliphatic carbocycles. The molecule has 10 heteroatoms. The molecule has 1 rings (SSSR count). The van der Waals surface area contributed by atoms with Gasteiger partial charge in [0.1, 0.15) is 0 Å². The van der Waals surface area contributed by atoms with Crippen LogP contribution in [0.4, 0.5) is 30.7 Å². The van der Waals surface area contributed by atoms with Crippen molar-refractivity contribution in [3.63, 3.8) is 0 Å². The smallest absolute Gasteiger partial charge is 0.491 e. The molecule has 0 fully saturated rings. The van der Waals surface area contributed by atoms with Gasteiger partial charge in [0.25, 0.3) is 0 Å². The standard InChI is InChI=1S/C8HF7O3/c9-1-2(10)4(12)6(5(16)3(1)11)18-7(17)8(13,14)15/h16H. The van der Waals surface area contributed by atoms with Gasteiger partial charge in [0.15, 0.2) is 0 Å². The molecule has 0 unspecified atom stereocenters. The Bertz CT molecular complexity index is 479. The molecule has 1 aromatic carbocycles. The second-order valence-corrected chi connectivity index (χ2v) is 2.82. The van der Waals surface area contributed by atoms with Crippen LogP contribution in [0, 0.1) is 23.3 Å². The lowest BCUT2D eigenvalue weighted by atomic mass is 10.2. The predicted molar refractivity (Wildman–Crippen MR) is 39.6 cm³/mol. The highest BCUT2D eigenvalue weighted by Crippen LogP contribution is 2.36. The lowest BCUT2D eigenvalue weighted by molar-refractivity contribution is -0.190. The topological polar surface area (TPSA) is 46.5 Å². The zero-order valence-corrected chi connectivity index (χ0v) is 7.91. The number of halogens is 7. The van der Waals surface area contributed by atoms with E-state index in [2.05, 4.69) is 4.74 Å². The van der Waals surface area contributed by atoms with Crippen LogP contribution in [0.1, 0.15) is 0 Å². The van der Waals surface area contributed by atoms with Crippen molar-refractivity contribution in [2.24, 2.45) is 0 Å². The second kappa shape index (κ2) is 4.35. The van der Waals surface area contributed by atoms with Gasteiger partial charge in [-0.2, -0.15) is 22.0 Å². The number of aromatic hydroxyl groups is 1. The van der Waals surface area contributed by atoms with Gasteiger partial charge in [0, 0.05) is 0 Å². The average molecular weight is 278 g/mol. The summed E-state index contributed by atoms with van der Waals surface area (Å²) < 4.78 is 89.1. The number of carbonyl (C=O) groups is 1. The van der Waals surface area contributed by atoms with E-state index in [0.717, 1.165) is 0 Å². The van der Waals surface area contributed by atoms with Gasteiger partial charge in [-0.3, -0.25) is 0 Å². The van der Waals surface area contributed by atoms with Gasteiger partial charge < -0.3 is 9.84 Å². The normalized spacial score (nSPS) is 11.5. The molecule has 100 valence electrons. The predicted octanol–water partition coefficient (Wildman–Crippen LogP) is 2.42. The maximum Gasteiger partial charge on any atom is 0.491 e. The monoisotopic (exact) mass is 278 g/mol. The largest absolute Gasteiger partial charge is 0.502 e. The molecule has 0 spiro atoms. The van der Waals surface area contributed by atoms with Gasteiger partial charge in [-0.1, -0.05) is 0 Å². The van der Waals surface area contributed by atoms with Crippen LogP contribution in [0.5, 0.6) is 11.5 Å². The lowest BCUT2D eigenvalue weighted by Crippen LogP contribution is -2.28. The molecule has 0 heterocycles. The Balaban J connectivity index is 3.31. The van der Waals surface area contributed by atoms with Crippen LogP contribution >= 0.6 is 0 Å². The first-order valence-corrected chi connectivity index (χ1v) is 3.91. The average Bonchev–Trinajstić information content (AvgIpc) is 2.28. The fourth-order valence-corrected chi connectivity index (χ4v) is 0.844. The van der Waals surface area contributed by atoms with Gasteiger partial charge in [-0.15, -0.1) is 0 Å². The van der Waals surface area contributed by atoms with Gasteiger partial charge >= 0.3 is 12.1 Å². The second-order valence-electron chi connectivity index (χ2n) is 2.82. The summed E-state index contributed by atoms with van der Waals surface area (Å²) in [6.45, 7) is 0. The molecular formula is C8HF7O3. The number of esters is 1. The van der Waals surface area contributed by atoms with Crippen molar-refractivity contribution in [3.05, 3.63) is 23.3 Å². The van der Waals surface area contributed by atoms with E-state index in [-0.39, 0.29) is 0 Å². The third-order valence-corrected chi connectivity index (χ3v) is 1.63. The van der Waals surface area contributed by atoms with Gasteiger partial charge in [-0.25, -0.2) is 13.6 Å². The molecule has 1 aromatic rings. The summed E-state index contributed by atoms with van der Waals surface area (Å²) in [6.07, 6.45) is -5.60. The van der Waals surface area contributed by atoms with E-state index in [0.29, 0.717) is 0 Å². The van der Waals surface area contributed by atoms with E-state index >= 15 is 0 Å². The Morgan fingerprint density at radius 3 is 1.83 bits per heavy atom. The first-order valence-electron chi connectivity index (χ1n) is 3.91. The van der Waals surface area contributed by atoms with Crippen LogP contribution in [0.15, 0.2) is 0 Å². The highest BCUT2D eigenvalue weighted by atomic mass is 19.4. The molecule has 0 amide bonds. The van der Waals surface area contributed by atoms with Crippen molar-refractivity contribution in [2.75, 3.05) is 0 Å². The zero-order chi connectivity index (χ0) is 14.2. The third-order valence-electron chi connectivity index (χ3n) is 1.63. The highest BCUT2D eigenvalue weighted by Gasteiger charge is 2.43. The first kappa shape index (κ1) is 14.1. The molecule has 0 aliphatic heterocycles. The zero-order valence-electron chi connectivity index (χ0n) is 7.91. The number of hydrogen-bond acceptors (Lipinski definition) is 3. The minimum absolute atomic E-state index is 2.09. The number of rotatable bonds is 1. The van der Waals surface area contributed by atoms with Crippen LogP contribution in [0.25, 0.3) is 0 Å². The Morgan fingerprint density at radius 2 is 1.39 bits per heavy atom. The van der Waals surface area contributed by atoms with E-state index < -0.39 is 46.9 Å². The van der Waals surface area contributed by atoms with Crippen molar-refractivity contribution in [2.45, 2.75) is 6.18 Å². The number of benzene rings is 1. The van der Waals surface area contributed by atoms with Gasteiger partial charge in [0.2, 0.25) is 34.8 Å². The van der Waals surface area contributed by atoms with Crippen molar-refractivity contribution in [1.82, 2.24) is 0 Å². The van der Waals surface area contributed by atoms with Crippen LogP contribution < -0.4 is 4.74 Å². The molecular weight excluding hydrogens is 277 g/mol. The van der Waals surface area contributed by atoms with E-state index in [4.69, 9.17) is 5.11 Å². The van der Waals surface area contributed by atoms with Gasteiger partial charge in [-0.05, 0) is 0 Å².